The van der Waals surface area contributed by atoms with Crippen LogP contribution in [0.3, 0.4) is 0 Å². The summed E-state index contributed by atoms with van der Waals surface area (Å²) < 4.78 is 20.7. The average molecular weight is 320 g/mol. The summed E-state index contributed by atoms with van der Waals surface area (Å²) in [6.07, 6.45) is 14.7. The topological polar surface area (TPSA) is 55.8 Å². The van der Waals surface area contributed by atoms with Crippen LogP contribution < -0.4 is 0 Å². The lowest BCUT2D eigenvalue weighted by atomic mass is 10.1. The second kappa shape index (κ2) is 17.9. The van der Waals surface area contributed by atoms with E-state index in [4.69, 9.17) is 14.4 Å². The van der Waals surface area contributed by atoms with E-state index in [1.165, 1.54) is 51.4 Å². The predicted molar refractivity (Wildman–Crippen MR) is 89.2 cm³/mol. The normalized spacial score (nSPS) is 12.4. The lowest BCUT2D eigenvalue weighted by Gasteiger charge is -2.05. The van der Waals surface area contributed by atoms with Gasteiger partial charge in [0.2, 0.25) is 8.03 Å². The van der Waals surface area contributed by atoms with Crippen molar-refractivity contribution in [3.8, 4) is 0 Å². The highest BCUT2D eigenvalue weighted by molar-refractivity contribution is 7.37. The Kier molecular flexibility index (Phi) is 17.8. The zero-order valence-corrected chi connectivity index (χ0v) is 14.4. The number of ether oxygens (including phenoxy) is 2. The number of unbranched alkanes of at least 4 members (excludes halogenated alkanes) is 9. The molecule has 0 rings (SSSR count). The zero-order valence-electron chi connectivity index (χ0n) is 13.4. The van der Waals surface area contributed by atoms with Crippen LogP contribution in [0.2, 0.25) is 0 Å². The Morgan fingerprint density at radius 2 is 1.33 bits per heavy atom. The van der Waals surface area contributed by atoms with Crippen molar-refractivity contribution in [3.05, 3.63) is 12.7 Å². The maximum absolute atomic E-state index is 10.4. The number of hydrogen-bond donors (Lipinski definition) is 1. The maximum Gasteiger partial charge on any atom is 0.214 e. The van der Waals surface area contributed by atoms with E-state index in [9.17, 15) is 4.57 Å². The molecule has 0 bridgehead atoms. The molecular formula is C16H33O4P. The molecule has 1 atom stereocenters. The molecule has 0 aromatic carbocycles. The molecule has 0 amide bonds. The van der Waals surface area contributed by atoms with Gasteiger partial charge in [-0.1, -0.05) is 51.0 Å². The van der Waals surface area contributed by atoms with Crippen LogP contribution >= 0.6 is 8.03 Å². The highest BCUT2D eigenvalue weighted by Gasteiger charge is 1.95. The molecule has 5 heteroatoms. The van der Waals surface area contributed by atoms with Crippen molar-refractivity contribution in [1.82, 2.24) is 0 Å². The third kappa shape index (κ3) is 19.9. The smallest absolute Gasteiger partial charge is 0.214 e. The van der Waals surface area contributed by atoms with Gasteiger partial charge in [-0.3, -0.25) is 4.57 Å². The Hall–Kier alpha value is -0.150. The molecule has 4 nitrogen and oxygen atoms in total. The number of rotatable bonds is 17. The third-order valence-electron chi connectivity index (χ3n) is 3.29. The first-order valence-electron chi connectivity index (χ1n) is 8.25. The van der Waals surface area contributed by atoms with E-state index >= 15 is 0 Å². The second-order valence-corrected chi connectivity index (χ2v) is 6.39. The minimum atomic E-state index is -2.49. The van der Waals surface area contributed by atoms with Crippen LogP contribution in [0.4, 0.5) is 0 Å². The number of hydrogen-bond acceptors (Lipinski definition) is 3. The molecule has 0 aliphatic rings. The van der Waals surface area contributed by atoms with Crippen molar-refractivity contribution in [2.75, 3.05) is 26.2 Å². The van der Waals surface area contributed by atoms with Gasteiger partial charge in [0.15, 0.2) is 0 Å². The molecule has 0 aliphatic heterocycles. The predicted octanol–water partition coefficient (Wildman–Crippen LogP) is 4.53. The van der Waals surface area contributed by atoms with Crippen molar-refractivity contribution in [2.24, 2.45) is 0 Å². The van der Waals surface area contributed by atoms with E-state index < -0.39 is 8.03 Å². The quantitative estimate of drug-likeness (QED) is 0.243. The van der Waals surface area contributed by atoms with Gasteiger partial charge in [0.1, 0.15) is 6.35 Å². The monoisotopic (exact) mass is 320 g/mol. The molecule has 0 fully saturated rings. The SMILES string of the molecule is C=CCCCCCCCCCCCOCCOC[PH](=O)O. The minimum Gasteiger partial charge on any atom is -0.379 e. The van der Waals surface area contributed by atoms with Crippen LogP contribution in [0.5, 0.6) is 0 Å². The van der Waals surface area contributed by atoms with Gasteiger partial charge < -0.3 is 14.4 Å². The highest BCUT2D eigenvalue weighted by atomic mass is 31.1. The van der Waals surface area contributed by atoms with E-state index in [1.807, 2.05) is 6.08 Å². The molecule has 126 valence electrons. The standard InChI is InChI=1S/C16H33O4P/c1-2-3-4-5-6-7-8-9-10-11-12-13-19-14-15-20-16-21(17)18/h2,21H,1,3-16H2,(H,17,18). The fourth-order valence-corrected chi connectivity index (χ4v) is 2.43. The van der Waals surface area contributed by atoms with Gasteiger partial charge in [-0.2, -0.15) is 0 Å². The molecule has 21 heavy (non-hydrogen) atoms. The van der Waals surface area contributed by atoms with Crippen LogP contribution in [0.25, 0.3) is 0 Å². The van der Waals surface area contributed by atoms with E-state index in [0.29, 0.717) is 13.2 Å². The van der Waals surface area contributed by atoms with Gasteiger partial charge >= 0.3 is 0 Å². The summed E-state index contributed by atoms with van der Waals surface area (Å²) in [6.45, 7) is 5.41. The summed E-state index contributed by atoms with van der Waals surface area (Å²) in [5.41, 5.74) is 0. The maximum atomic E-state index is 10.4. The summed E-state index contributed by atoms with van der Waals surface area (Å²) in [5.74, 6) is 0. The summed E-state index contributed by atoms with van der Waals surface area (Å²) >= 11 is 0. The lowest BCUT2D eigenvalue weighted by Crippen LogP contribution is -2.04. The molecular weight excluding hydrogens is 287 g/mol. The van der Waals surface area contributed by atoms with Gasteiger partial charge in [0.05, 0.1) is 13.2 Å². The molecule has 1 N–H and O–H groups in total. The van der Waals surface area contributed by atoms with Crippen LogP contribution in [0.15, 0.2) is 12.7 Å². The van der Waals surface area contributed by atoms with Gasteiger partial charge in [0.25, 0.3) is 0 Å². The first-order valence-corrected chi connectivity index (χ1v) is 9.82. The molecule has 0 radical (unpaired) electrons. The van der Waals surface area contributed by atoms with Crippen molar-refractivity contribution in [1.29, 1.82) is 0 Å². The minimum absolute atomic E-state index is 0.0540. The first kappa shape index (κ1) is 20.9. The number of allylic oxidation sites excluding steroid dienone is 1. The Balaban J connectivity index is 2.96. The van der Waals surface area contributed by atoms with Crippen molar-refractivity contribution >= 4 is 8.03 Å². The lowest BCUT2D eigenvalue weighted by molar-refractivity contribution is 0.0608. The molecule has 0 saturated carbocycles. The van der Waals surface area contributed by atoms with Crippen molar-refractivity contribution in [2.45, 2.75) is 64.2 Å². The first-order chi connectivity index (χ1) is 10.3. The van der Waals surface area contributed by atoms with Crippen LogP contribution in [0.1, 0.15) is 64.2 Å². The van der Waals surface area contributed by atoms with Gasteiger partial charge in [-0.05, 0) is 19.3 Å². The summed E-state index contributed by atoms with van der Waals surface area (Å²) in [5, 5.41) is 0. The Morgan fingerprint density at radius 3 is 1.90 bits per heavy atom. The summed E-state index contributed by atoms with van der Waals surface area (Å²) in [4.78, 5) is 8.54. The largest absolute Gasteiger partial charge is 0.379 e. The highest BCUT2D eigenvalue weighted by Crippen LogP contribution is 2.12. The zero-order chi connectivity index (χ0) is 15.6. The molecule has 0 aromatic heterocycles. The van der Waals surface area contributed by atoms with Gasteiger partial charge in [-0.25, -0.2) is 0 Å². The molecule has 0 saturated heterocycles. The second-order valence-electron chi connectivity index (χ2n) is 5.32. The average Bonchev–Trinajstić information content (AvgIpc) is 2.46. The Bertz CT molecular complexity index is 246. The van der Waals surface area contributed by atoms with E-state index in [2.05, 4.69) is 6.58 Å². The van der Waals surface area contributed by atoms with E-state index in [1.54, 1.807) is 0 Å². The van der Waals surface area contributed by atoms with Crippen molar-refractivity contribution in [3.63, 3.8) is 0 Å². The van der Waals surface area contributed by atoms with Crippen molar-refractivity contribution < 1.29 is 18.9 Å². The molecule has 0 aromatic rings. The third-order valence-corrected chi connectivity index (χ3v) is 3.75. The van der Waals surface area contributed by atoms with Crippen LogP contribution in [0, 0.1) is 0 Å². The summed E-state index contributed by atoms with van der Waals surface area (Å²) in [7, 11) is -2.49. The van der Waals surface area contributed by atoms with Gasteiger partial charge in [0, 0.05) is 6.61 Å². The van der Waals surface area contributed by atoms with E-state index in [0.717, 1.165) is 19.4 Å². The Morgan fingerprint density at radius 1 is 0.810 bits per heavy atom. The summed E-state index contributed by atoms with van der Waals surface area (Å²) in [6, 6.07) is 0. The van der Waals surface area contributed by atoms with E-state index in [-0.39, 0.29) is 6.35 Å². The molecule has 0 heterocycles. The van der Waals surface area contributed by atoms with Crippen LogP contribution in [-0.4, -0.2) is 31.1 Å². The molecule has 0 spiro atoms. The molecule has 0 aliphatic carbocycles. The Labute approximate surface area is 130 Å². The van der Waals surface area contributed by atoms with Crippen LogP contribution in [-0.2, 0) is 14.0 Å². The fourth-order valence-electron chi connectivity index (χ4n) is 2.11. The molecule has 1 unspecified atom stereocenters. The fraction of sp³-hybridized carbons (Fsp3) is 0.875. The van der Waals surface area contributed by atoms with Gasteiger partial charge in [-0.15, -0.1) is 6.58 Å².